The van der Waals surface area contributed by atoms with E-state index in [9.17, 15) is 4.79 Å². The second-order valence-electron chi connectivity index (χ2n) is 5.97. The van der Waals surface area contributed by atoms with E-state index in [1.54, 1.807) is 11.3 Å². The lowest BCUT2D eigenvalue weighted by atomic mass is 10.2. The van der Waals surface area contributed by atoms with Crippen LogP contribution in [-0.4, -0.2) is 22.7 Å². The van der Waals surface area contributed by atoms with E-state index in [2.05, 4.69) is 34.5 Å². The highest BCUT2D eigenvalue weighted by atomic mass is 32.1. The van der Waals surface area contributed by atoms with E-state index < -0.39 is 0 Å². The SMILES string of the molecule is CCOc1ccc(-c2noc(CCC(=O)NCc3ccc(CC)s3)n2)cc1. The molecular formula is C20H23N3O3S. The molecule has 0 aliphatic carbocycles. The number of carbonyl (C=O) groups excluding carboxylic acids is 1. The summed E-state index contributed by atoms with van der Waals surface area (Å²) in [7, 11) is 0. The Labute approximate surface area is 162 Å². The van der Waals surface area contributed by atoms with Crippen LogP contribution in [0.1, 0.15) is 35.9 Å². The molecular weight excluding hydrogens is 362 g/mol. The Bertz CT molecular complexity index is 871. The Morgan fingerprint density at radius 3 is 2.63 bits per heavy atom. The van der Waals surface area contributed by atoms with E-state index >= 15 is 0 Å². The molecule has 0 bridgehead atoms. The van der Waals surface area contributed by atoms with Gasteiger partial charge in [-0.1, -0.05) is 12.1 Å². The van der Waals surface area contributed by atoms with Crippen LogP contribution in [0.5, 0.6) is 5.75 Å². The number of benzene rings is 1. The summed E-state index contributed by atoms with van der Waals surface area (Å²) in [6.07, 6.45) is 1.75. The summed E-state index contributed by atoms with van der Waals surface area (Å²) in [6.45, 7) is 5.25. The molecule has 0 spiro atoms. The number of aryl methyl sites for hydroxylation is 2. The first kappa shape index (κ1) is 19.1. The summed E-state index contributed by atoms with van der Waals surface area (Å²) >= 11 is 1.73. The summed E-state index contributed by atoms with van der Waals surface area (Å²) in [5, 5.41) is 6.92. The first-order chi connectivity index (χ1) is 13.2. The highest BCUT2D eigenvalue weighted by Gasteiger charge is 2.11. The first-order valence-electron chi connectivity index (χ1n) is 9.08. The Morgan fingerprint density at radius 1 is 1.15 bits per heavy atom. The van der Waals surface area contributed by atoms with Crippen molar-refractivity contribution in [3.63, 3.8) is 0 Å². The highest BCUT2D eigenvalue weighted by molar-refractivity contribution is 7.11. The Hall–Kier alpha value is -2.67. The van der Waals surface area contributed by atoms with Gasteiger partial charge in [-0.3, -0.25) is 4.79 Å². The number of nitrogens with zero attached hydrogens (tertiary/aromatic N) is 2. The lowest BCUT2D eigenvalue weighted by Gasteiger charge is -2.02. The van der Waals surface area contributed by atoms with Crippen LogP contribution in [0.2, 0.25) is 0 Å². The molecule has 1 aromatic carbocycles. The van der Waals surface area contributed by atoms with Gasteiger partial charge < -0.3 is 14.6 Å². The van der Waals surface area contributed by atoms with Crippen molar-refractivity contribution in [3.05, 3.63) is 52.0 Å². The lowest BCUT2D eigenvalue weighted by molar-refractivity contribution is -0.121. The zero-order valence-electron chi connectivity index (χ0n) is 15.5. The number of thiophene rings is 1. The highest BCUT2D eigenvalue weighted by Crippen LogP contribution is 2.20. The summed E-state index contributed by atoms with van der Waals surface area (Å²) in [5.41, 5.74) is 0.849. The Balaban J connectivity index is 1.47. The van der Waals surface area contributed by atoms with Gasteiger partial charge >= 0.3 is 0 Å². The number of hydrogen-bond acceptors (Lipinski definition) is 6. The van der Waals surface area contributed by atoms with E-state index in [4.69, 9.17) is 9.26 Å². The number of amides is 1. The Kier molecular flexibility index (Phi) is 6.59. The van der Waals surface area contributed by atoms with Gasteiger partial charge in [0.25, 0.3) is 0 Å². The summed E-state index contributed by atoms with van der Waals surface area (Å²) in [6, 6.07) is 11.7. The standard InChI is InChI=1S/C20H23N3O3S/c1-3-16-9-10-17(27-16)13-21-18(24)11-12-19-22-20(23-26-19)14-5-7-15(8-6-14)25-4-2/h5-10H,3-4,11-13H2,1-2H3,(H,21,24). The zero-order valence-corrected chi connectivity index (χ0v) is 16.3. The van der Waals surface area contributed by atoms with Crippen molar-refractivity contribution >= 4 is 17.2 Å². The normalized spacial score (nSPS) is 10.7. The van der Waals surface area contributed by atoms with E-state index in [1.807, 2.05) is 31.2 Å². The van der Waals surface area contributed by atoms with Gasteiger partial charge in [-0.15, -0.1) is 11.3 Å². The summed E-state index contributed by atoms with van der Waals surface area (Å²) < 4.78 is 10.7. The average molecular weight is 385 g/mol. The fourth-order valence-electron chi connectivity index (χ4n) is 2.54. The van der Waals surface area contributed by atoms with Gasteiger partial charge in [0.2, 0.25) is 17.6 Å². The number of aromatic nitrogens is 2. The first-order valence-corrected chi connectivity index (χ1v) is 9.89. The van der Waals surface area contributed by atoms with Crippen molar-refractivity contribution in [1.29, 1.82) is 0 Å². The predicted octanol–water partition coefficient (Wildman–Crippen LogP) is 4.01. The van der Waals surface area contributed by atoms with E-state index in [1.165, 1.54) is 4.88 Å². The fourth-order valence-corrected chi connectivity index (χ4v) is 3.44. The molecule has 142 valence electrons. The molecule has 0 aliphatic heterocycles. The van der Waals surface area contributed by atoms with Gasteiger partial charge in [0.1, 0.15) is 5.75 Å². The molecule has 2 aromatic heterocycles. The molecule has 0 radical (unpaired) electrons. The number of nitrogens with one attached hydrogen (secondary N) is 1. The van der Waals surface area contributed by atoms with Gasteiger partial charge in [0.05, 0.1) is 13.2 Å². The van der Waals surface area contributed by atoms with Crippen LogP contribution in [0.4, 0.5) is 0 Å². The minimum atomic E-state index is -0.0257. The van der Waals surface area contributed by atoms with Crippen molar-refractivity contribution in [2.75, 3.05) is 6.61 Å². The second kappa shape index (κ2) is 9.32. The molecule has 0 saturated heterocycles. The zero-order chi connectivity index (χ0) is 19.1. The molecule has 3 rings (SSSR count). The van der Waals surface area contributed by atoms with Crippen LogP contribution in [0.15, 0.2) is 40.9 Å². The van der Waals surface area contributed by atoms with E-state index in [-0.39, 0.29) is 5.91 Å². The smallest absolute Gasteiger partial charge is 0.227 e. The summed E-state index contributed by atoms with van der Waals surface area (Å²) in [5.74, 6) is 1.75. The third-order valence-corrected chi connectivity index (χ3v) is 5.21. The van der Waals surface area contributed by atoms with Crippen LogP contribution >= 0.6 is 11.3 Å². The molecule has 0 saturated carbocycles. The lowest BCUT2D eigenvalue weighted by Crippen LogP contribution is -2.22. The maximum atomic E-state index is 12.0. The van der Waals surface area contributed by atoms with E-state index in [0.29, 0.717) is 37.7 Å². The molecule has 7 heteroatoms. The topological polar surface area (TPSA) is 77.2 Å². The minimum absolute atomic E-state index is 0.0257. The predicted molar refractivity (Wildman–Crippen MR) is 105 cm³/mol. The number of carbonyl (C=O) groups is 1. The second-order valence-corrected chi connectivity index (χ2v) is 7.22. The summed E-state index contributed by atoms with van der Waals surface area (Å²) in [4.78, 5) is 18.9. The van der Waals surface area contributed by atoms with Crippen LogP contribution in [0.25, 0.3) is 11.4 Å². The fraction of sp³-hybridized carbons (Fsp3) is 0.350. The number of hydrogen-bond donors (Lipinski definition) is 1. The van der Waals surface area contributed by atoms with Gasteiger partial charge in [0, 0.05) is 28.2 Å². The molecule has 0 atom stereocenters. The molecule has 27 heavy (non-hydrogen) atoms. The van der Waals surface area contributed by atoms with Crippen LogP contribution < -0.4 is 10.1 Å². The third-order valence-electron chi connectivity index (χ3n) is 3.98. The van der Waals surface area contributed by atoms with Crippen molar-refractivity contribution in [3.8, 4) is 17.1 Å². The van der Waals surface area contributed by atoms with Crippen LogP contribution in [0, 0.1) is 0 Å². The molecule has 2 heterocycles. The van der Waals surface area contributed by atoms with E-state index in [0.717, 1.165) is 22.6 Å². The average Bonchev–Trinajstić information content (AvgIpc) is 3.35. The number of rotatable bonds is 9. The van der Waals surface area contributed by atoms with Gasteiger partial charge in [-0.25, -0.2) is 0 Å². The van der Waals surface area contributed by atoms with Gasteiger partial charge in [0.15, 0.2) is 0 Å². The van der Waals surface area contributed by atoms with Gasteiger partial charge in [-0.2, -0.15) is 4.98 Å². The largest absolute Gasteiger partial charge is 0.494 e. The molecule has 3 aromatic rings. The molecule has 0 fully saturated rings. The Morgan fingerprint density at radius 2 is 1.93 bits per heavy atom. The molecule has 0 unspecified atom stereocenters. The quantitative estimate of drug-likeness (QED) is 0.602. The number of ether oxygens (including phenoxy) is 1. The van der Waals surface area contributed by atoms with Crippen molar-refractivity contribution in [1.82, 2.24) is 15.5 Å². The molecule has 1 amide bonds. The van der Waals surface area contributed by atoms with Crippen molar-refractivity contribution in [2.45, 2.75) is 39.7 Å². The maximum absolute atomic E-state index is 12.0. The van der Waals surface area contributed by atoms with Crippen LogP contribution in [-0.2, 0) is 24.2 Å². The molecule has 0 aliphatic rings. The van der Waals surface area contributed by atoms with Crippen molar-refractivity contribution in [2.24, 2.45) is 0 Å². The molecule has 6 nitrogen and oxygen atoms in total. The maximum Gasteiger partial charge on any atom is 0.227 e. The minimum Gasteiger partial charge on any atom is -0.494 e. The van der Waals surface area contributed by atoms with Crippen LogP contribution in [0.3, 0.4) is 0 Å². The van der Waals surface area contributed by atoms with Gasteiger partial charge in [-0.05, 0) is 49.7 Å². The molecule has 1 N–H and O–H groups in total. The third kappa shape index (κ3) is 5.40. The monoisotopic (exact) mass is 385 g/mol. The van der Waals surface area contributed by atoms with Crippen molar-refractivity contribution < 1.29 is 14.1 Å².